The Morgan fingerprint density at radius 1 is 1.17 bits per heavy atom. The van der Waals surface area contributed by atoms with E-state index in [0.29, 0.717) is 16.5 Å². The van der Waals surface area contributed by atoms with Crippen molar-refractivity contribution in [3.63, 3.8) is 0 Å². The van der Waals surface area contributed by atoms with Gasteiger partial charge < -0.3 is 0 Å². The maximum Gasteiger partial charge on any atom is 0.198 e. The van der Waals surface area contributed by atoms with Crippen molar-refractivity contribution in [2.45, 2.75) is 0 Å². The van der Waals surface area contributed by atoms with E-state index in [4.69, 9.17) is 23.2 Å². The molecule has 0 unspecified atom stereocenters. The lowest BCUT2D eigenvalue weighted by Gasteiger charge is -2.02. The van der Waals surface area contributed by atoms with E-state index < -0.39 is 5.82 Å². The average Bonchev–Trinajstić information content (AvgIpc) is 2.77. The molecule has 90 valence electrons. The monoisotopic (exact) mass is 282 g/mol. The van der Waals surface area contributed by atoms with E-state index in [0.717, 1.165) is 0 Å². The first-order valence-corrected chi connectivity index (χ1v) is 5.73. The van der Waals surface area contributed by atoms with Crippen molar-refractivity contribution >= 4 is 28.8 Å². The van der Waals surface area contributed by atoms with E-state index in [9.17, 15) is 4.39 Å². The summed E-state index contributed by atoms with van der Waals surface area (Å²) in [7, 11) is 0. The van der Waals surface area contributed by atoms with Crippen LogP contribution in [0, 0.1) is 5.82 Å². The molecule has 1 aromatic carbocycles. The summed E-state index contributed by atoms with van der Waals surface area (Å²) >= 11 is 11.7. The maximum atomic E-state index is 13.8. The largest absolute Gasteiger partial charge is 0.278 e. The minimum absolute atomic E-state index is 0.207. The molecule has 0 saturated heterocycles. The van der Waals surface area contributed by atoms with Crippen molar-refractivity contribution in [1.82, 2.24) is 19.6 Å². The van der Waals surface area contributed by atoms with Crippen LogP contribution in [0.1, 0.15) is 0 Å². The van der Waals surface area contributed by atoms with Gasteiger partial charge in [0.1, 0.15) is 5.82 Å². The lowest BCUT2D eigenvalue weighted by atomic mass is 10.2. The van der Waals surface area contributed by atoms with Crippen LogP contribution in [0.25, 0.3) is 17.0 Å². The number of halogens is 3. The maximum absolute atomic E-state index is 13.8. The molecule has 3 rings (SSSR count). The highest BCUT2D eigenvalue weighted by Crippen LogP contribution is 2.26. The van der Waals surface area contributed by atoms with Gasteiger partial charge in [0.25, 0.3) is 0 Å². The number of aromatic nitrogens is 4. The van der Waals surface area contributed by atoms with Crippen LogP contribution >= 0.6 is 23.2 Å². The Balaban J connectivity index is 2.32. The van der Waals surface area contributed by atoms with Gasteiger partial charge in [-0.3, -0.25) is 4.40 Å². The Morgan fingerprint density at radius 2 is 2.00 bits per heavy atom. The molecule has 4 nitrogen and oxygen atoms in total. The molecule has 7 heteroatoms. The van der Waals surface area contributed by atoms with Crippen LogP contribution in [0.3, 0.4) is 0 Å². The summed E-state index contributed by atoms with van der Waals surface area (Å²) in [6.45, 7) is 0. The van der Waals surface area contributed by atoms with E-state index in [1.165, 1.54) is 24.4 Å². The van der Waals surface area contributed by atoms with Crippen LogP contribution in [0.2, 0.25) is 10.2 Å². The highest BCUT2D eigenvalue weighted by atomic mass is 35.5. The number of nitrogens with zero attached hydrogens (tertiary/aromatic N) is 4. The molecule has 0 N–H and O–H groups in total. The summed E-state index contributed by atoms with van der Waals surface area (Å²) in [5, 5.41) is 8.42. The third-order valence-electron chi connectivity index (χ3n) is 2.45. The summed E-state index contributed by atoms with van der Waals surface area (Å²) in [4.78, 5) is 3.88. The molecule has 2 heterocycles. The van der Waals surface area contributed by atoms with Crippen LogP contribution in [0.15, 0.2) is 30.6 Å². The van der Waals surface area contributed by atoms with Crippen LogP contribution in [-0.2, 0) is 0 Å². The predicted octanol–water partition coefficient (Wildman–Crippen LogP) is 3.24. The van der Waals surface area contributed by atoms with Crippen LogP contribution in [0.4, 0.5) is 4.39 Å². The van der Waals surface area contributed by atoms with Gasteiger partial charge in [0.15, 0.2) is 16.6 Å². The van der Waals surface area contributed by atoms with Gasteiger partial charge in [-0.25, -0.2) is 9.37 Å². The molecule has 0 aliphatic rings. The second-order valence-corrected chi connectivity index (χ2v) is 4.35. The molecule has 0 bridgehead atoms. The summed E-state index contributed by atoms with van der Waals surface area (Å²) in [5.74, 6) is -0.101. The molecule has 0 radical (unpaired) electrons. The third kappa shape index (κ3) is 1.72. The van der Waals surface area contributed by atoms with Gasteiger partial charge in [-0.2, -0.15) is 0 Å². The fourth-order valence-electron chi connectivity index (χ4n) is 1.65. The smallest absolute Gasteiger partial charge is 0.198 e. The number of rotatable bonds is 1. The average molecular weight is 283 g/mol. The highest BCUT2D eigenvalue weighted by molar-refractivity contribution is 6.32. The molecule has 0 fully saturated rings. The van der Waals surface area contributed by atoms with E-state index in [-0.39, 0.29) is 10.7 Å². The van der Waals surface area contributed by atoms with Crippen molar-refractivity contribution in [3.8, 4) is 11.4 Å². The molecule has 0 atom stereocenters. The molecular weight excluding hydrogens is 278 g/mol. The minimum Gasteiger partial charge on any atom is -0.278 e. The van der Waals surface area contributed by atoms with Crippen LogP contribution in [0.5, 0.6) is 0 Å². The molecule has 0 spiro atoms. The van der Waals surface area contributed by atoms with Gasteiger partial charge in [-0.1, -0.05) is 23.2 Å². The molecule has 0 saturated carbocycles. The van der Waals surface area contributed by atoms with Crippen molar-refractivity contribution in [3.05, 3.63) is 46.6 Å². The van der Waals surface area contributed by atoms with E-state index in [1.54, 1.807) is 10.6 Å². The van der Waals surface area contributed by atoms with Gasteiger partial charge in [0.05, 0.1) is 5.56 Å². The van der Waals surface area contributed by atoms with Crippen LogP contribution < -0.4 is 0 Å². The number of fused-ring (bicyclic) bond motifs is 1. The molecule has 0 amide bonds. The standard InChI is InChI=1S/C11H5Cl2FN4/c12-6-1-2-8(14)7(5-6)10-16-17-11-9(13)15-3-4-18(10)11/h1-5H. The number of hydrogen-bond acceptors (Lipinski definition) is 3. The predicted molar refractivity (Wildman–Crippen MR) is 66.2 cm³/mol. The molecule has 3 aromatic rings. The van der Waals surface area contributed by atoms with E-state index in [2.05, 4.69) is 15.2 Å². The third-order valence-corrected chi connectivity index (χ3v) is 2.95. The van der Waals surface area contributed by atoms with Crippen molar-refractivity contribution in [2.24, 2.45) is 0 Å². The molecule has 2 aromatic heterocycles. The van der Waals surface area contributed by atoms with Crippen molar-refractivity contribution < 1.29 is 4.39 Å². The second kappa shape index (κ2) is 4.19. The highest BCUT2D eigenvalue weighted by Gasteiger charge is 2.14. The van der Waals surface area contributed by atoms with Gasteiger partial charge in [-0.05, 0) is 18.2 Å². The normalized spacial score (nSPS) is 11.1. The first-order valence-electron chi connectivity index (χ1n) is 4.97. The fourth-order valence-corrected chi connectivity index (χ4v) is 2.01. The zero-order chi connectivity index (χ0) is 12.7. The van der Waals surface area contributed by atoms with E-state index in [1.807, 2.05) is 0 Å². The first-order chi connectivity index (χ1) is 8.66. The lowest BCUT2D eigenvalue weighted by Crippen LogP contribution is -1.93. The molecular formula is C11H5Cl2FN4. The summed E-state index contributed by atoms with van der Waals surface area (Å²) in [5.41, 5.74) is 0.630. The minimum atomic E-state index is -0.429. The first kappa shape index (κ1) is 11.4. The summed E-state index contributed by atoms with van der Waals surface area (Å²) in [6, 6.07) is 4.24. The fraction of sp³-hybridized carbons (Fsp3) is 0. The van der Waals surface area contributed by atoms with Gasteiger partial charge in [-0.15, -0.1) is 10.2 Å². The molecule has 0 aliphatic heterocycles. The number of benzene rings is 1. The Labute approximate surface area is 111 Å². The zero-order valence-corrected chi connectivity index (χ0v) is 10.3. The molecule has 0 aliphatic carbocycles. The van der Waals surface area contributed by atoms with Gasteiger partial charge in [0.2, 0.25) is 0 Å². The quantitative estimate of drug-likeness (QED) is 0.688. The Bertz CT molecular complexity index is 741. The van der Waals surface area contributed by atoms with Crippen LogP contribution in [-0.4, -0.2) is 19.6 Å². The Kier molecular flexibility index (Phi) is 2.65. The topological polar surface area (TPSA) is 43.1 Å². The Hall–Kier alpha value is -1.72. The summed E-state index contributed by atoms with van der Waals surface area (Å²) < 4.78 is 15.3. The number of hydrogen-bond donors (Lipinski definition) is 0. The Morgan fingerprint density at radius 3 is 2.83 bits per heavy atom. The molecule has 18 heavy (non-hydrogen) atoms. The lowest BCUT2D eigenvalue weighted by molar-refractivity contribution is 0.629. The SMILES string of the molecule is Fc1ccc(Cl)cc1-c1nnc2c(Cl)nccn12. The van der Waals surface area contributed by atoms with Gasteiger partial charge in [0, 0.05) is 17.4 Å². The van der Waals surface area contributed by atoms with E-state index >= 15 is 0 Å². The van der Waals surface area contributed by atoms with Crippen molar-refractivity contribution in [2.75, 3.05) is 0 Å². The zero-order valence-electron chi connectivity index (χ0n) is 8.81. The summed E-state index contributed by atoms with van der Waals surface area (Å²) in [6.07, 6.45) is 3.10. The second-order valence-electron chi connectivity index (χ2n) is 3.56. The van der Waals surface area contributed by atoms with Crippen molar-refractivity contribution in [1.29, 1.82) is 0 Å². The van der Waals surface area contributed by atoms with Gasteiger partial charge >= 0.3 is 0 Å².